The van der Waals surface area contributed by atoms with Gasteiger partial charge in [0.2, 0.25) is 0 Å². The Morgan fingerprint density at radius 3 is 3.00 bits per heavy atom. The van der Waals surface area contributed by atoms with Crippen LogP contribution in [0.15, 0.2) is 12.1 Å². The molecule has 0 spiro atoms. The van der Waals surface area contributed by atoms with Gasteiger partial charge in [0.25, 0.3) is 5.91 Å². The average Bonchev–Trinajstić information content (AvgIpc) is 2.58. The van der Waals surface area contributed by atoms with Crippen LogP contribution in [0, 0.1) is 10.1 Å². The first kappa shape index (κ1) is 13.5. The van der Waals surface area contributed by atoms with Gasteiger partial charge in [-0.2, -0.15) is 0 Å². The molecule has 2 heterocycles. The van der Waals surface area contributed by atoms with E-state index in [0.717, 1.165) is 32.4 Å². The van der Waals surface area contributed by atoms with E-state index in [9.17, 15) is 14.9 Å². The van der Waals surface area contributed by atoms with Gasteiger partial charge in [0.15, 0.2) is 5.69 Å². The SMILES string of the molecule is Cn1c(C(=O)NC2CCCCNC2)ccc1[N+](=O)[O-]. The van der Waals surface area contributed by atoms with Gasteiger partial charge in [-0.15, -0.1) is 0 Å². The highest BCUT2D eigenvalue weighted by Crippen LogP contribution is 2.15. The number of nitro groups is 1. The lowest BCUT2D eigenvalue weighted by Gasteiger charge is -2.15. The van der Waals surface area contributed by atoms with Gasteiger partial charge in [0, 0.05) is 18.7 Å². The van der Waals surface area contributed by atoms with Crippen LogP contribution in [0.3, 0.4) is 0 Å². The lowest BCUT2D eigenvalue weighted by atomic mass is 10.1. The third kappa shape index (κ3) is 3.11. The lowest BCUT2D eigenvalue weighted by molar-refractivity contribution is -0.391. The molecule has 19 heavy (non-hydrogen) atoms. The van der Waals surface area contributed by atoms with Gasteiger partial charge in [-0.05, 0) is 30.4 Å². The van der Waals surface area contributed by atoms with Gasteiger partial charge < -0.3 is 20.7 Å². The van der Waals surface area contributed by atoms with Crippen molar-refractivity contribution in [2.45, 2.75) is 25.3 Å². The first-order chi connectivity index (χ1) is 9.09. The van der Waals surface area contributed by atoms with Crippen molar-refractivity contribution in [1.29, 1.82) is 0 Å². The summed E-state index contributed by atoms with van der Waals surface area (Å²) < 4.78 is 1.31. The molecule has 104 valence electrons. The maximum atomic E-state index is 12.1. The molecule has 0 aromatic carbocycles. The Labute approximate surface area is 111 Å². The van der Waals surface area contributed by atoms with Crippen molar-refractivity contribution >= 4 is 11.7 Å². The Hall–Kier alpha value is -1.89. The molecule has 1 unspecified atom stereocenters. The van der Waals surface area contributed by atoms with Crippen LogP contribution >= 0.6 is 0 Å². The maximum Gasteiger partial charge on any atom is 0.323 e. The molecule has 2 N–H and O–H groups in total. The Balaban J connectivity index is 2.05. The minimum Gasteiger partial charge on any atom is -0.358 e. The van der Waals surface area contributed by atoms with Crippen LogP contribution in [-0.2, 0) is 7.05 Å². The fraction of sp³-hybridized carbons (Fsp3) is 0.583. The summed E-state index contributed by atoms with van der Waals surface area (Å²) in [5.74, 6) is -0.339. The molecule has 7 heteroatoms. The number of aromatic nitrogens is 1. The highest BCUT2D eigenvalue weighted by Gasteiger charge is 2.23. The zero-order chi connectivity index (χ0) is 13.8. The summed E-state index contributed by atoms with van der Waals surface area (Å²) in [6, 6.07) is 2.92. The van der Waals surface area contributed by atoms with E-state index in [1.807, 2.05) is 0 Å². The Bertz CT molecular complexity index is 475. The first-order valence-electron chi connectivity index (χ1n) is 6.41. The van der Waals surface area contributed by atoms with Gasteiger partial charge in [0.05, 0.1) is 7.05 Å². The predicted octanol–water partition coefficient (Wildman–Crippen LogP) is 0.805. The van der Waals surface area contributed by atoms with Gasteiger partial charge in [-0.25, -0.2) is 4.57 Å². The summed E-state index contributed by atoms with van der Waals surface area (Å²) in [6.07, 6.45) is 3.12. The van der Waals surface area contributed by atoms with Gasteiger partial charge in [-0.3, -0.25) is 4.79 Å². The van der Waals surface area contributed by atoms with Gasteiger partial charge >= 0.3 is 5.82 Å². The number of carbonyl (C=O) groups excluding carboxylic acids is 1. The zero-order valence-electron chi connectivity index (χ0n) is 10.9. The van der Waals surface area contributed by atoms with E-state index in [1.165, 1.54) is 23.7 Å². The minimum atomic E-state index is -0.496. The van der Waals surface area contributed by atoms with Gasteiger partial charge in [0.1, 0.15) is 0 Å². The van der Waals surface area contributed by atoms with E-state index < -0.39 is 4.92 Å². The third-order valence-electron chi connectivity index (χ3n) is 3.40. The summed E-state index contributed by atoms with van der Waals surface area (Å²) in [7, 11) is 1.53. The van der Waals surface area contributed by atoms with Crippen molar-refractivity contribution in [3.8, 4) is 0 Å². The number of carbonyl (C=O) groups is 1. The summed E-state index contributed by atoms with van der Waals surface area (Å²) in [5.41, 5.74) is 0.316. The molecular formula is C12H18N4O3. The molecular weight excluding hydrogens is 248 g/mol. The monoisotopic (exact) mass is 266 g/mol. The van der Waals surface area contributed by atoms with Crippen LogP contribution < -0.4 is 10.6 Å². The first-order valence-corrected chi connectivity index (χ1v) is 6.41. The fourth-order valence-electron chi connectivity index (χ4n) is 2.31. The van der Waals surface area contributed by atoms with Crippen LogP contribution in [0.5, 0.6) is 0 Å². The Morgan fingerprint density at radius 2 is 2.32 bits per heavy atom. The quantitative estimate of drug-likeness (QED) is 0.625. The topological polar surface area (TPSA) is 89.2 Å². The highest BCUT2D eigenvalue weighted by atomic mass is 16.6. The van der Waals surface area contributed by atoms with E-state index >= 15 is 0 Å². The average molecular weight is 266 g/mol. The second kappa shape index (κ2) is 5.83. The molecule has 1 aromatic rings. The summed E-state index contributed by atoms with van der Waals surface area (Å²) >= 11 is 0. The molecule has 1 fully saturated rings. The van der Waals surface area contributed by atoms with Crippen LogP contribution in [-0.4, -0.2) is 34.5 Å². The van der Waals surface area contributed by atoms with Gasteiger partial charge in [-0.1, -0.05) is 6.42 Å². The number of amides is 1. The molecule has 0 radical (unpaired) electrons. The van der Waals surface area contributed by atoms with Crippen LogP contribution in [0.25, 0.3) is 0 Å². The van der Waals surface area contributed by atoms with Crippen molar-refractivity contribution in [3.05, 3.63) is 27.9 Å². The summed E-state index contributed by atoms with van der Waals surface area (Å²) in [6.45, 7) is 1.72. The molecule has 1 aliphatic rings. The van der Waals surface area contributed by atoms with E-state index in [-0.39, 0.29) is 17.8 Å². The van der Waals surface area contributed by atoms with Crippen molar-refractivity contribution in [2.75, 3.05) is 13.1 Å². The van der Waals surface area contributed by atoms with Crippen LogP contribution in [0.2, 0.25) is 0 Å². The zero-order valence-corrected chi connectivity index (χ0v) is 10.9. The number of rotatable bonds is 3. The van der Waals surface area contributed by atoms with Crippen molar-refractivity contribution in [3.63, 3.8) is 0 Å². The van der Waals surface area contributed by atoms with Crippen molar-refractivity contribution in [2.24, 2.45) is 7.05 Å². The molecule has 0 bridgehead atoms. The molecule has 1 aromatic heterocycles. The number of nitrogens with one attached hydrogen (secondary N) is 2. The molecule has 1 amide bonds. The third-order valence-corrected chi connectivity index (χ3v) is 3.40. The smallest absolute Gasteiger partial charge is 0.323 e. The second-order valence-corrected chi connectivity index (χ2v) is 4.76. The molecule has 0 aliphatic carbocycles. The van der Waals surface area contributed by atoms with E-state index in [2.05, 4.69) is 10.6 Å². The molecule has 0 saturated carbocycles. The maximum absolute atomic E-state index is 12.1. The lowest BCUT2D eigenvalue weighted by Crippen LogP contribution is -2.41. The number of hydrogen-bond acceptors (Lipinski definition) is 4. The van der Waals surface area contributed by atoms with E-state index in [1.54, 1.807) is 0 Å². The molecule has 7 nitrogen and oxygen atoms in total. The molecule has 1 atom stereocenters. The van der Waals surface area contributed by atoms with E-state index in [4.69, 9.17) is 0 Å². The molecule has 1 saturated heterocycles. The van der Waals surface area contributed by atoms with Crippen LogP contribution in [0.1, 0.15) is 29.8 Å². The summed E-state index contributed by atoms with van der Waals surface area (Å²) in [4.78, 5) is 22.3. The fourth-order valence-corrected chi connectivity index (χ4v) is 2.31. The van der Waals surface area contributed by atoms with Crippen molar-refractivity contribution < 1.29 is 9.72 Å². The number of nitrogens with zero attached hydrogens (tertiary/aromatic N) is 2. The molecule has 1 aliphatic heterocycles. The Morgan fingerprint density at radius 1 is 1.53 bits per heavy atom. The second-order valence-electron chi connectivity index (χ2n) is 4.76. The molecule has 2 rings (SSSR count). The minimum absolute atomic E-state index is 0.0795. The largest absolute Gasteiger partial charge is 0.358 e. The van der Waals surface area contributed by atoms with E-state index in [0.29, 0.717) is 5.69 Å². The standard InChI is InChI=1S/C12H18N4O3/c1-15-10(5-6-11(15)16(18)19)12(17)14-9-4-2-3-7-13-8-9/h5-6,9,13H,2-4,7-8H2,1H3,(H,14,17). The normalized spacial score (nSPS) is 19.7. The van der Waals surface area contributed by atoms with Crippen molar-refractivity contribution in [1.82, 2.24) is 15.2 Å². The predicted molar refractivity (Wildman–Crippen MR) is 70.0 cm³/mol. The highest BCUT2D eigenvalue weighted by molar-refractivity contribution is 5.93. The number of hydrogen-bond donors (Lipinski definition) is 2. The Kier molecular flexibility index (Phi) is 4.16. The summed E-state index contributed by atoms with van der Waals surface area (Å²) in [5, 5.41) is 16.9. The van der Waals surface area contributed by atoms with Crippen LogP contribution in [0.4, 0.5) is 5.82 Å².